The monoisotopic (exact) mass is 396 g/mol. The molecule has 7 nitrogen and oxygen atoms in total. The van der Waals surface area contributed by atoms with E-state index in [1.165, 1.54) is 13.3 Å². The number of carbonyl (C=O) groups excluding carboxylic acids is 1. The molecule has 0 bridgehead atoms. The van der Waals surface area contributed by atoms with E-state index in [-0.39, 0.29) is 19.1 Å². The Balaban J connectivity index is 1.58. The van der Waals surface area contributed by atoms with Crippen molar-refractivity contribution in [2.75, 3.05) is 33.4 Å². The highest BCUT2D eigenvalue weighted by molar-refractivity contribution is 5.95. The number of aromatic nitrogens is 1. The lowest BCUT2D eigenvalue weighted by Gasteiger charge is -2.39. The van der Waals surface area contributed by atoms with Crippen LogP contribution in [0.25, 0.3) is 11.1 Å². The molecule has 2 aromatic rings. The van der Waals surface area contributed by atoms with Crippen LogP contribution in [-0.4, -0.2) is 60.3 Å². The normalized spacial score (nSPS) is 20.8. The summed E-state index contributed by atoms with van der Waals surface area (Å²) in [6.07, 6.45) is 5.27. The topological polar surface area (TPSA) is 89.0 Å². The van der Waals surface area contributed by atoms with Crippen LogP contribution in [0.5, 0.6) is 5.75 Å². The highest BCUT2D eigenvalue weighted by Gasteiger charge is 2.44. The zero-order chi connectivity index (χ0) is 20.4. The molecule has 7 heteroatoms. The Morgan fingerprint density at radius 3 is 2.93 bits per heavy atom. The molecule has 0 radical (unpaired) electrons. The molecular formula is C22H24N2O5. The Hall–Kier alpha value is -2.93. The zero-order valence-corrected chi connectivity index (χ0v) is 16.4. The molecule has 1 N–H and O–H groups in total. The first kappa shape index (κ1) is 19.4. The van der Waals surface area contributed by atoms with Gasteiger partial charge in [0.2, 0.25) is 0 Å². The summed E-state index contributed by atoms with van der Waals surface area (Å²) in [5.41, 5.74) is 2.38. The largest absolute Gasteiger partial charge is 0.493 e. The predicted molar refractivity (Wildman–Crippen MR) is 106 cm³/mol. The third-order valence-electron chi connectivity index (χ3n) is 5.75. The smallest absolute Gasteiger partial charge is 0.313 e. The van der Waals surface area contributed by atoms with Crippen LogP contribution in [0.15, 0.2) is 36.7 Å². The number of likely N-dealkylation sites (tertiary alicyclic amines) is 1. The highest BCUT2D eigenvalue weighted by Crippen LogP contribution is 2.33. The zero-order valence-electron chi connectivity index (χ0n) is 16.4. The van der Waals surface area contributed by atoms with Gasteiger partial charge in [0.05, 0.1) is 18.8 Å². The Morgan fingerprint density at radius 2 is 2.14 bits per heavy atom. The van der Waals surface area contributed by atoms with Crippen molar-refractivity contribution in [1.29, 1.82) is 0 Å². The second-order valence-corrected chi connectivity index (χ2v) is 7.73. The molecule has 0 spiro atoms. The van der Waals surface area contributed by atoms with Crippen molar-refractivity contribution in [3.63, 3.8) is 0 Å². The molecule has 2 aliphatic rings. The van der Waals surface area contributed by atoms with Gasteiger partial charge in [0, 0.05) is 44.6 Å². The number of pyridine rings is 1. The van der Waals surface area contributed by atoms with Gasteiger partial charge in [0.1, 0.15) is 11.2 Å². The molecule has 1 saturated heterocycles. The first-order valence-corrected chi connectivity index (χ1v) is 9.75. The van der Waals surface area contributed by atoms with E-state index in [1.54, 1.807) is 11.1 Å². The number of carbonyl (C=O) groups is 2. The fourth-order valence-corrected chi connectivity index (χ4v) is 4.20. The molecule has 0 saturated carbocycles. The number of carboxylic acids is 1. The number of hydrogen-bond acceptors (Lipinski definition) is 5. The molecule has 29 heavy (non-hydrogen) atoms. The molecule has 1 aromatic carbocycles. The lowest BCUT2D eigenvalue weighted by atomic mass is 9.80. The van der Waals surface area contributed by atoms with Crippen molar-refractivity contribution < 1.29 is 24.2 Å². The van der Waals surface area contributed by atoms with Gasteiger partial charge in [-0.25, -0.2) is 0 Å². The van der Waals surface area contributed by atoms with Gasteiger partial charge in [-0.2, -0.15) is 0 Å². The molecule has 1 unspecified atom stereocenters. The molecule has 2 aliphatic heterocycles. The average Bonchev–Trinajstić information content (AvgIpc) is 3.21. The van der Waals surface area contributed by atoms with E-state index in [2.05, 4.69) is 11.1 Å². The first-order valence-electron chi connectivity index (χ1n) is 9.75. The van der Waals surface area contributed by atoms with Crippen molar-refractivity contribution in [3.8, 4) is 16.9 Å². The molecule has 1 fully saturated rings. The van der Waals surface area contributed by atoms with Crippen LogP contribution in [0.4, 0.5) is 0 Å². The van der Waals surface area contributed by atoms with Crippen molar-refractivity contribution in [3.05, 3.63) is 47.8 Å². The van der Waals surface area contributed by atoms with Gasteiger partial charge in [-0.3, -0.25) is 14.6 Å². The molecule has 152 valence electrons. The van der Waals surface area contributed by atoms with Gasteiger partial charge in [-0.15, -0.1) is 0 Å². The van der Waals surface area contributed by atoms with Crippen molar-refractivity contribution in [1.82, 2.24) is 9.88 Å². The number of carboxylic acid groups (broad SMARTS) is 1. The van der Waals surface area contributed by atoms with Crippen LogP contribution < -0.4 is 4.74 Å². The molecule has 3 heterocycles. The molecule has 1 atom stereocenters. The Bertz CT molecular complexity index is 941. The summed E-state index contributed by atoms with van der Waals surface area (Å²) >= 11 is 0. The van der Waals surface area contributed by atoms with E-state index >= 15 is 0 Å². The standard InChI is InChI=1S/C22H24N2O5/c1-28-14-22(21(26)27)6-2-7-24(13-22)20(25)18-10-17(11-23-12-18)15-3-4-19-16(9-15)5-8-29-19/h3-4,9-12H,2,5-8,13-14H2,1H3,(H,26,27). The predicted octanol–water partition coefficient (Wildman–Crippen LogP) is 2.64. The third-order valence-corrected chi connectivity index (χ3v) is 5.75. The van der Waals surface area contributed by atoms with Crippen molar-refractivity contribution in [2.45, 2.75) is 19.3 Å². The fraction of sp³-hybridized carbons (Fsp3) is 0.409. The molecular weight excluding hydrogens is 372 g/mol. The summed E-state index contributed by atoms with van der Waals surface area (Å²) in [5, 5.41) is 9.72. The number of benzene rings is 1. The number of methoxy groups -OCH3 is 1. The summed E-state index contributed by atoms with van der Waals surface area (Å²) in [7, 11) is 1.49. The van der Waals surface area contributed by atoms with Gasteiger partial charge in [0.15, 0.2) is 0 Å². The summed E-state index contributed by atoms with van der Waals surface area (Å²) in [4.78, 5) is 30.8. The maximum Gasteiger partial charge on any atom is 0.313 e. The van der Waals surface area contributed by atoms with E-state index in [9.17, 15) is 14.7 Å². The number of nitrogens with zero attached hydrogens (tertiary/aromatic N) is 2. The summed E-state index contributed by atoms with van der Waals surface area (Å²) < 4.78 is 10.7. The Kier molecular flexibility index (Phi) is 5.24. The lowest BCUT2D eigenvalue weighted by molar-refractivity contribution is -0.155. The number of amides is 1. The van der Waals surface area contributed by atoms with Crippen LogP contribution in [0.1, 0.15) is 28.8 Å². The minimum atomic E-state index is -1.06. The van der Waals surface area contributed by atoms with Crippen LogP contribution in [-0.2, 0) is 16.0 Å². The minimum absolute atomic E-state index is 0.0849. The van der Waals surface area contributed by atoms with E-state index in [4.69, 9.17) is 9.47 Å². The van der Waals surface area contributed by atoms with Gasteiger partial charge < -0.3 is 19.5 Å². The average molecular weight is 396 g/mol. The number of piperidine rings is 1. The van der Waals surface area contributed by atoms with Crippen molar-refractivity contribution in [2.24, 2.45) is 5.41 Å². The number of aliphatic carboxylic acids is 1. The van der Waals surface area contributed by atoms with Gasteiger partial charge in [-0.1, -0.05) is 6.07 Å². The lowest BCUT2D eigenvalue weighted by Crippen LogP contribution is -2.52. The van der Waals surface area contributed by atoms with Crippen LogP contribution in [0, 0.1) is 5.41 Å². The van der Waals surface area contributed by atoms with E-state index in [0.29, 0.717) is 31.6 Å². The minimum Gasteiger partial charge on any atom is -0.493 e. The van der Waals surface area contributed by atoms with Crippen LogP contribution in [0.2, 0.25) is 0 Å². The first-order chi connectivity index (χ1) is 14.0. The maximum absolute atomic E-state index is 13.1. The second-order valence-electron chi connectivity index (χ2n) is 7.73. The number of rotatable bonds is 5. The number of fused-ring (bicyclic) bond motifs is 1. The van der Waals surface area contributed by atoms with Gasteiger partial charge in [0.25, 0.3) is 5.91 Å². The van der Waals surface area contributed by atoms with Crippen LogP contribution >= 0.6 is 0 Å². The quantitative estimate of drug-likeness (QED) is 0.836. The second kappa shape index (κ2) is 7.83. The third kappa shape index (κ3) is 3.70. The summed E-state index contributed by atoms with van der Waals surface area (Å²) in [5.74, 6) is -0.222. The molecule has 1 aromatic heterocycles. The fourth-order valence-electron chi connectivity index (χ4n) is 4.20. The van der Waals surface area contributed by atoms with Crippen LogP contribution in [0.3, 0.4) is 0 Å². The summed E-state index contributed by atoms with van der Waals surface area (Å²) in [6, 6.07) is 7.80. The summed E-state index contributed by atoms with van der Waals surface area (Å²) in [6.45, 7) is 1.44. The molecule has 4 rings (SSSR count). The number of hydrogen-bond donors (Lipinski definition) is 1. The van der Waals surface area contributed by atoms with Gasteiger partial charge in [-0.05, 0) is 42.2 Å². The van der Waals surface area contributed by atoms with Gasteiger partial charge >= 0.3 is 5.97 Å². The Morgan fingerprint density at radius 1 is 1.28 bits per heavy atom. The van der Waals surface area contributed by atoms with E-state index in [1.807, 2.05) is 18.2 Å². The highest BCUT2D eigenvalue weighted by atomic mass is 16.5. The maximum atomic E-state index is 13.1. The number of ether oxygens (including phenoxy) is 2. The van der Waals surface area contributed by atoms with E-state index in [0.717, 1.165) is 28.9 Å². The SMILES string of the molecule is COCC1(C(=O)O)CCCN(C(=O)c2cncc(-c3ccc4c(c3)CCO4)c2)C1. The molecule has 1 amide bonds. The molecule has 0 aliphatic carbocycles. The Labute approximate surface area is 169 Å². The van der Waals surface area contributed by atoms with Crippen molar-refractivity contribution >= 4 is 11.9 Å². The van der Waals surface area contributed by atoms with E-state index < -0.39 is 11.4 Å².